The first-order valence-electron chi connectivity index (χ1n) is 9.01. The van der Waals surface area contributed by atoms with Gasteiger partial charge in [-0.3, -0.25) is 4.79 Å². The van der Waals surface area contributed by atoms with Crippen molar-refractivity contribution in [2.24, 2.45) is 5.92 Å². The molecule has 2 amide bonds. The van der Waals surface area contributed by atoms with Crippen molar-refractivity contribution < 1.29 is 28.2 Å². The molecule has 29 heavy (non-hydrogen) atoms. The van der Waals surface area contributed by atoms with Crippen molar-refractivity contribution in [3.63, 3.8) is 0 Å². The number of carboxylic acid groups (broad SMARTS) is 1. The molecule has 2 aromatic rings. The first-order valence-corrected chi connectivity index (χ1v) is 9.01. The average molecular weight is 407 g/mol. The van der Waals surface area contributed by atoms with Gasteiger partial charge < -0.3 is 20.5 Å². The molecule has 0 radical (unpaired) electrons. The number of hydrogen-bond donors (Lipinski definition) is 3. The van der Waals surface area contributed by atoms with Crippen molar-refractivity contribution in [1.29, 1.82) is 0 Å². The van der Waals surface area contributed by atoms with Crippen molar-refractivity contribution in [1.82, 2.24) is 10.3 Å². The number of hydrogen-bond acceptors (Lipinski definition) is 4. The van der Waals surface area contributed by atoms with Gasteiger partial charge in [0.15, 0.2) is 17.4 Å². The highest BCUT2D eigenvalue weighted by atomic mass is 19.1. The predicted octanol–water partition coefficient (Wildman–Crippen LogP) is 4.05. The van der Waals surface area contributed by atoms with E-state index < -0.39 is 29.5 Å². The smallest absolute Gasteiger partial charge is 0.404 e. The van der Waals surface area contributed by atoms with Gasteiger partial charge in [-0.25, -0.2) is 18.6 Å². The van der Waals surface area contributed by atoms with Gasteiger partial charge in [-0.15, -0.1) is 0 Å². The number of carbonyl (C=O) groups excluding carboxylic acids is 1. The Morgan fingerprint density at radius 3 is 2.38 bits per heavy atom. The summed E-state index contributed by atoms with van der Waals surface area (Å²) >= 11 is 0. The Bertz CT molecular complexity index is 867. The van der Waals surface area contributed by atoms with E-state index in [1.807, 2.05) is 13.8 Å². The zero-order chi connectivity index (χ0) is 21.6. The Morgan fingerprint density at radius 2 is 1.83 bits per heavy atom. The standard InChI is InChI=1S/C20H23F2N3O4/c1-11(2)6-15(25-20(27)28)10-29-19-16(21)7-14(8-17(19)22)13-4-5-23-18(9-13)24-12(3)26/h4-5,7-9,11,15,25H,6,10H2,1-3H3,(H,27,28)(H,23,24,26). The quantitative estimate of drug-likeness (QED) is 0.613. The molecule has 9 heteroatoms. The van der Waals surface area contributed by atoms with Crippen molar-refractivity contribution in [2.75, 3.05) is 11.9 Å². The Balaban J connectivity index is 2.20. The maximum absolute atomic E-state index is 14.5. The Hall–Kier alpha value is -3.23. The van der Waals surface area contributed by atoms with Gasteiger partial charge in [0, 0.05) is 13.1 Å². The van der Waals surface area contributed by atoms with Crippen LogP contribution in [0, 0.1) is 17.6 Å². The van der Waals surface area contributed by atoms with Crippen LogP contribution in [-0.2, 0) is 4.79 Å². The number of pyridine rings is 1. The van der Waals surface area contributed by atoms with E-state index >= 15 is 0 Å². The number of rotatable bonds is 8. The van der Waals surface area contributed by atoms with Gasteiger partial charge in [0.1, 0.15) is 12.4 Å². The van der Waals surface area contributed by atoms with Gasteiger partial charge in [-0.05, 0) is 47.7 Å². The summed E-state index contributed by atoms with van der Waals surface area (Å²) in [4.78, 5) is 26.0. The first-order chi connectivity index (χ1) is 13.7. The van der Waals surface area contributed by atoms with E-state index in [0.29, 0.717) is 12.0 Å². The van der Waals surface area contributed by atoms with Crippen LogP contribution < -0.4 is 15.4 Å². The molecule has 0 aliphatic heterocycles. The molecule has 2 rings (SSSR count). The van der Waals surface area contributed by atoms with E-state index in [-0.39, 0.29) is 29.8 Å². The molecule has 0 aliphatic carbocycles. The average Bonchev–Trinajstić information content (AvgIpc) is 2.59. The number of aromatic nitrogens is 1. The molecule has 1 unspecified atom stereocenters. The van der Waals surface area contributed by atoms with Gasteiger partial charge in [-0.1, -0.05) is 13.8 Å². The second kappa shape index (κ2) is 9.81. The Morgan fingerprint density at radius 1 is 1.17 bits per heavy atom. The summed E-state index contributed by atoms with van der Waals surface area (Å²) in [6.07, 6.45) is 0.633. The van der Waals surface area contributed by atoms with Crippen LogP contribution >= 0.6 is 0 Å². The molecule has 0 aliphatic rings. The molecule has 7 nitrogen and oxygen atoms in total. The van der Waals surface area contributed by atoms with Crippen LogP contribution in [0.15, 0.2) is 30.5 Å². The second-order valence-electron chi connectivity index (χ2n) is 6.97. The molecular formula is C20H23F2N3O4. The van der Waals surface area contributed by atoms with Crippen LogP contribution in [0.1, 0.15) is 27.2 Å². The number of amides is 2. The maximum Gasteiger partial charge on any atom is 0.404 e. The summed E-state index contributed by atoms with van der Waals surface area (Å²) < 4.78 is 34.2. The molecule has 156 valence electrons. The third-order valence-corrected chi connectivity index (χ3v) is 3.91. The molecule has 0 spiro atoms. The zero-order valence-corrected chi connectivity index (χ0v) is 16.3. The summed E-state index contributed by atoms with van der Waals surface area (Å²) in [5.41, 5.74) is 0.696. The Labute approximate surface area is 167 Å². The monoisotopic (exact) mass is 407 g/mol. The number of nitrogens with one attached hydrogen (secondary N) is 2. The highest BCUT2D eigenvalue weighted by molar-refractivity contribution is 5.88. The van der Waals surface area contributed by atoms with Crippen LogP contribution in [0.2, 0.25) is 0 Å². The van der Waals surface area contributed by atoms with E-state index in [4.69, 9.17) is 9.84 Å². The van der Waals surface area contributed by atoms with Crippen LogP contribution in [0.5, 0.6) is 5.75 Å². The molecule has 1 heterocycles. The van der Waals surface area contributed by atoms with Crippen LogP contribution in [-0.4, -0.2) is 34.7 Å². The van der Waals surface area contributed by atoms with Gasteiger partial charge in [0.05, 0.1) is 6.04 Å². The minimum atomic E-state index is -1.23. The third kappa shape index (κ3) is 6.70. The number of carbonyl (C=O) groups is 2. The van der Waals surface area contributed by atoms with E-state index in [0.717, 1.165) is 12.1 Å². The number of benzene rings is 1. The minimum Gasteiger partial charge on any atom is -0.485 e. The summed E-state index contributed by atoms with van der Waals surface area (Å²) in [7, 11) is 0. The van der Waals surface area contributed by atoms with Gasteiger partial charge in [0.2, 0.25) is 5.91 Å². The predicted molar refractivity (Wildman–Crippen MR) is 104 cm³/mol. The van der Waals surface area contributed by atoms with Crippen LogP contribution in [0.3, 0.4) is 0 Å². The normalized spacial score (nSPS) is 11.8. The minimum absolute atomic E-state index is 0.164. The van der Waals surface area contributed by atoms with Crippen LogP contribution in [0.25, 0.3) is 11.1 Å². The third-order valence-electron chi connectivity index (χ3n) is 3.91. The molecule has 1 aromatic carbocycles. The summed E-state index contributed by atoms with van der Waals surface area (Å²) in [6, 6.07) is 4.65. The largest absolute Gasteiger partial charge is 0.485 e. The number of nitrogens with zero attached hydrogens (tertiary/aromatic N) is 1. The van der Waals surface area contributed by atoms with E-state index in [1.54, 1.807) is 6.07 Å². The lowest BCUT2D eigenvalue weighted by Gasteiger charge is -2.20. The van der Waals surface area contributed by atoms with Gasteiger partial charge in [0.25, 0.3) is 0 Å². The number of halogens is 2. The highest BCUT2D eigenvalue weighted by Crippen LogP contribution is 2.30. The van der Waals surface area contributed by atoms with Crippen molar-refractivity contribution in [2.45, 2.75) is 33.2 Å². The topological polar surface area (TPSA) is 101 Å². The highest BCUT2D eigenvalue weighted by Gasteiger charge is 2.19. The zero-order valence-electron chi connectivity index (χ0n) is 16.3. The molecule has 0 bridgehead atoms. The molecule has 0 fully saturated rings. The maximum atomic E-state index is 14.5. The first kappa shape index (κ1) is 22.1. The summed E-state index contributed by atoms with van der Waals surface area (Å²) in [5.74, 6) is -2.31. The lowest BCUT2D eigenvalue weighted by Crippen LogP contribution is -2.39. The van der Waals surface area contributed by atoms with Crippen molar-refractivity contribution >= 4 is 17.8 Å². The van der Waals surface area contributed by atoms with E-state index in [1.165, 1.54) is 19.2 Å². The van der Waals surface area contributed by atoms with Gasteiger partial charge >= 0.3 is 6.09 Å². The molecule has 1 atom stereocenters. The molecular weight excluding hydrogens is 384 g/mol. The molecule has 0 saturated carbocycles. The van der Waals surface area contributed by atoms with E-state index in [2.05, 4.69) is 15.6 Å². The lowest BCUT2D eigenvalue weighted by atomic mass is 10.0. The number of ether oxygens (including phenoxy) is 1. The van der Waals surface area contributed by atoms with Crippen LogP contribution in [0.4, 0.5) is 19.4 Å². The summed E-state index contributed by atoms with van der Waals surface area (Å²) in [6.45, 7) is 4.91. The fourth-order valence-electron chi connectivity index (χ4n) is 2.82. The Kier molecular flexibility index (Phi) is 7.46. The van der Waals surface area contributed by atoms with E-state index in [9.17, 15) is 18.4 Å². The lowest BCUT2D eigenvalue weighted by molar-refractivity contribution is -0.114. The molecule has 1 aromatic heterocycles. The fourth-order valence-corrected chi connectivity index (χ4v) is 2.82. The molecule has 0 saturated heterocycles. The fraction of sp³-hybridized carbons (Fsp3) is 0.350. The molecule has 3 N–H and O–H groups in total. The summed E-state index contributed by atoms with van der Waals surface area (Å²) in [5, 5.41) is 13.7. The van der Waals surface area contributed by atoms with Gasteiger partial charge in [-0.2, -0.15) is 0 Å². The SMILES string of the molecule is CC(=O)Nc1cc(-c2cc(F)c(OCC(CC(C)C)NC(=O)O)c(F)c2)ccn1. The van der Waals surface area contributed by atoms with Crippen molar-refractivity contribution in [3.05, 3.63) is 42.1 Å². The van der Waals surface area contributed by atoms with Crippen molar-refractivity contribution in [3.8, 4) is 16.9 Å². The second-order valence-corrected chi connectivity index (χ2v) is 6.97. The number of anilines is 1.